The molecule has 3 nitrogen and oxygen atoms in total. The summed E-state index contributed by atoms with van der Waals surface area (Å²) in [5.41, 5.74) is 1.05. The molecular weight excluding hydrogens is 250 g/mol. The van der Waals surface area contributed by atoms with Crippen molar-refractivity contribution in [3.8, 4) is 11.8 Å². The molecule has 2 rings (SSSR count). The molecule has 0 amide bonds. The lowest BCUT2D eigenvalue weighted by atomic mass is 9.93. The Bertz CT molecular complexity index is 487. The molecular formula is C17H21NO2. The number of rotatable bonds is 4. The Kier molecular flexibility index (Phi) is 5.64. The number of hydrogen-bond acceptors (Lipinski definition) is 2. The molecule has 1 N–H and O–H groups in total. The first-order chi connectivity index (χ1) is 9.74. The predicted molar refractivity (Wildman–Crippen MR) is 79.4 cm³/mol. The lowest BCUT2D eigenvalue weighted by molar-refractivity contribution is -0.137. The summed E-state index contributed by atoms with van der Waals surface area (Å²) in [6, 6.07) is 10.0. The van der Waals surface area contributed by atoms with Crippen molar-refractivity contribution in [3.63, 3.8) is 0 Å². The number of likely N-dealkylation sites (tertiary alicyclic amines) is 1. The van der Waals surface area contributed by atoms with Gasteiger partial charge < -0.3 is 5.11 Å². The van der Waals surface area contributed by atoms with Crippen LogP contribution in [-0.4, -0.2) is 35.6 Å². The van der Waals surface area contributed by atoms with Crippen LogP contribution < -0.4 is 0 Å². The minimum atomic E-state index is -0.689. The molecule has 1 aromatic carbocycles. The topological polar surface area (TPSA) is 40.5 Å². The quantitative estimate of drug-likeness (QED) is 0.856. The Hall–Kier alpha value is -1.79. The van der Waals surface area contributed by atoms with Crippen LogP contribution in [0.15, 0.2) is 30.3 Å². The molecule has 1 aromatic rings. The monoisotopic (exact) mass is 271 g/mol. The van der Waals surface area contributed by atoms with E-state index in [9.17, 15) is 4.79 Å². The fraction of sp³-hybridized carbons (Fsp3) is 0.471. The maximum atomic E-state index is 10.6. The van der Waals surface area contributed by atoms with E-state index < -0.39 is 5.97 Å². The van der Waals surface area contributed by atoms with Crippen molar-refractivity contribution >= 4 is 5.97 Å². The van der Waals surface area contributed by atoms with E-state index in [2.05, 4.69) is 16.7 Å². The number of nitrogens with zero attached hydrogens (tertiary/aromatic N) is 1. The van der Waals surface area contributed by atoms with Crippen LogP contribution in [-0.2, 0) is 4.79 Å². The van der Waals surface area contributed by atoms with Gasteiger partial charge in [-0.05, 0) is 43.9 Å². The van der Waals surface area contributed by atoms with Crippen molar-refractivity contribution in [3.05, 3.63) is 35.9 Å². The maximum Gasteiger partial charge on any atom is 0.303 e. The molecule has 20 heavy (non-hydrogen) atoms. The highest BCUT2D eigenvalue weighted by atomic mass is 16.4. The van der Waals surface area contributed by atoms with Gasteiger partial charge in [0.15, 0.2) is 0 Å². The van der Waals surface area contributed by atoms with Gasteiger partial charge in [-0.3, -0.25) is 9.69 Å². The summed E-state index contributed by atoms with van der Waals surface area (Å²) in [7, 11) is 0. The van der Waals surface area contributed by atoms with Crippen LogP contribution in [0.5, 0.6) is 0 Å². The zero-order valence-corrected chi connectivity index (χ0v) is 11.7. The summed E-state index contributed by atoms with van der Waals surface area (Å²) in [4.78, 5) is 13.0. The van der Waals surface area contributed by atoms with Crippen LogP contribution in [0.3, 0.4) is 0 Å². The standard InChI is InChI=1S/C17H21NO2/c19-17(20)11-10-16-9-5-13-18(14-16)12-4-8-15-6-2-1-3-7-15/h1-3,6-7,16H,5,9-14H2,(H,19,20). The third-order valence-electron chi connectivity index (χ3n) is 3.68. The van der Waals surface area contributed by atoms with Gasteiger partial charge in [0.1, 0.15) is 0 Å². The zero-order chi connectivity index (χ0) is 14.2. The second-order valence-corrected chi connectivity index (χ2v) is 5.34. The van der Waals surface area contributed by atoms with E-state index in [0.29, 0.717) is 5.92 Å². The van der Waals surface area contributed by atoms with Gasteiger partial charge in [0.05, 0.1) is 6.54 Å². The molecule has 0 aliphatic carbocycles. The van der Waals surface area contributed by atoms with E-state index in [-0.39, 0.29) is 6.42 Å². The van der Waals surface area contributed by atoms with Crippen LogP contribution in [0, 0.1) is 17.8 Å². The van der Waals surface area contributed by atoms with Crippen LogP contribution in [0.25, 0.3) is 0 Å². The van der Waals surface area contributed by atoms with Gasteiger partial charge in [0, 0.05) is 18.5 Å². The lowest BCUT2D eigenvalue weighted by Gasteiger charge is -2.31. The summed E-state index contributed by atoms with van der Waals surface area (Å²) in [6.07, 6.45) is 3.37. The summed E-state index contributed by atoms with van der Waals surface area (Å²) in [5, 5.41) is 8.74. The smallest absolute Gasteiger partial charge is 0.303 e. The van der Waals surface area contributed by atoms with Gasteiger partial charge in [-0.15, -0.1) is 0 Å². The molecule has 1 unspecified atom stereocenters. The van der Waals surface area contributed by atoms with Crippen LogP contribution in [0.2, 0.25) is 0 Å². The van der Waals surface area contributed by atoms with Crippen molar-refractivity contribution < 1.29 is 9.90 Å². The van der Waals surface area contributed by atoms with Crippen molar-refractivity contribution in [1.82, 2.24) is 4.90 Å². The number of benzene rings is 1. The molecule has 0 spiro atoms. The van der Waals surface area contributed by atoms with E-state index in [1.807, 2.05) is 30.3 Å². The van der Waals surface area contributed by atoms with Crippen LogP contribution in [0.4, 0.5) is 0 Å². The molecule has 0 radical (unpaired) electrons. The van der Waals surface area contributed by atoms with E-state index >= 15 is 0 Å². The average Bonchev–Trinajstić information content (AvgIpc) is 2.47. The summed E-state index contributed by atoms with van der Waals surface area (Å²) in [5.74, 6) is 6.21. The van der Waals surface area contributed by atoms with E-state index in [4.69, 9.17) is 5.11 Å². The molecule has 106 valence electrons. The van der Waals surface area contributed by atoms with E-state index in [0.717, 1.165) is 44.5 Å². The third kappa shape index (κ3) is 5.07. The van der Waals surface area contributed by atoms with Crippen LogP contribution in [0.1, 0.15) is 31.2 Å². The zero-order valence-electron chi connectivity index (χ0n) is 11.7. The van der Waals surface area contributed by atoms with Gasteiger partial charge in [0.25, 0.3) is 0 Å². The molecule has 1 aliphatic rings. The molecule has 1 heterocycles. The molecule has 0 bridgehead atoms. The number of aliphatic carboxylic acids is 1. The van der Waals surface area contributed by atoms with Crippen molar-refractivity contribution in [2.45, 2.75) is 25.7 Å². The molecule has 0 aromatic heterocycles. The summed E-state index contributed by atoms with van der Waals surface area (Å²) >= 11 is 0. The van der Waals surface area contributed by atoms with E-state index in [1.165, 1.54) is 0 Å². The molecule has 1 saturated heterocycles. The number of carboxylic acid groups (broad SMARTS) is 1. The van der Waals surface area contributed by atoms with Gasteiger partial charge >= 0.3 is 5.97 Å². The first-order valence-corrected chi connectivity index (χ1v) is 7.22. The fourth-order valence-electron chi connectivity index (χ4n) is 2.63. The van der Waals surface area contributed by atoms with Crippen molar-refractivity contribution in [2.75, 3.05) is 19.6 Å². The van der Waals surface area contributed by atoms with Gasteiger partial charge in [-0.1, -0.05) is 30.0 Å². The highest BCUT2D eigenvalue weighted by molar-refractivity contribution is 5.66. The Balaban J connectivity index is 1.78. The second-order valence-electron chi connectivity index (χ2n) is 5.34. The second kappa shape index (κ2) is 7.72. The minimum absolute atomic E-state index is 0.286. The fourth-order valence-corrected chi connectivity index (χ4v) is 2.63. The number of piperidine rings is 1. The number of hydrogen-bond donors (Lipinski definition) is 1. The highest BCUT2D eigenvalue weighted by Crippen LogP contribution is 2.20. The highest BCUT2D eigenvalue weighted by Gasteiger charge is 2.19. The molecule has 0 saturated carbocycles. The first-order valence-electron chi connectivity index (χ1n) is 7.22. The molecule has 1 fully saturated rings. The normalized spacial score (nSPS) is 19.1. The largest absolute Gasteiger partial charge is 0.481 e. The number of carbonyl (C=O) groups is 1. The van der Waals surface area contributed by atoms with Crippen molar-refractivity contribution in [1.29, 1.82) is 0 Å². The predicted octanol–water partition coefficient (Wildman–Crippen LogP) is 2.61. The van der Waals surface area contributed by atoms with Gasteiger partial charge in [-0.2, -0.15) is 0 Å². The first kappa shape index (κ1) is 14.6. The molecule has 1 aliphatic heterocycles. The third-order valence-corrected chi connectivity index (χ3v) is 3.68. The SMILES string of the molecule is O=C(O)CCC1CCCN(CC#Cc2ccccc2)C1. The lowest BCUT2D eigenvalue weighted by Crippen LogP contribution is -2.35. The van der Waals surface area contributed by atoms with Crippen molar-refractivity contribution in [2.24, 2.45) is 5.92 Å². The number of carboxylic acids is 1. The summed E-state index contributed by atoms with van der Waals surface area (Å²) < 4.78 is 0. The van der Waals surface area contributed by atoms with E-state index in [1.54, 1.807) is 0 Å². The maximum absolute atomic E-state index is 10.6. The molecule has 3 heteroatoms. The Morgan fingerprint density at radius 3 is 2.90 bits per heavy atom. The van der Waals surface area contributed by atoms with Gasteiger partial charge in [0.2, 0.25) is 0 Å². The minimum Gasteiger partial charge on any atom is -0.481 e. The average molecular weight is 271 g/mol. The Morgan fingerprint density at radius 2 is 2.15 bits per heavy atom. The van der Waals surface area contributed by atoms with Crippen LogP contribution >= 0.6 is 0 Å². The van der Waals surface area contributed by atoms with Gasteiger partial charge in [-0.25, -0.2) is 0 Å². The Labute approximate surface area is 120 Å². The molecule has 1 atom stereocenters. The summed E-state index contributed by atoms with van der Waals surface area (Å²) in [6.45, 7) is 2.84. The Morgan fingerprint density at radius 1 is 1.35 bits per heavy atom.